The van der Waals surface area contributed by atoms with Crippen LogP contribution in [0.1, 0.15) is 23.5 Å². The number of aliphatic carboxylic acids is 1. The van der Waals surface area contributed by atoms with Crippen molar-refractivity contribution < 1.29 is 9.90 Å². The molecule has 2 aromatic rings. The number of rotatable bonds is 5. The molecule has 2 N–H and O–H groups in total. The summed E-state index contributed by atoms with van der Waals surface area (Å²) >= 11 is 2.86. The van der Waals surface area contributed by atoms with Gasteiger partial charge in [0.15, 0.2) is 11.2 Å². The van der Waals surface area contributed by atoms with Crippen molar-refractivity contribution in [3.05, 3.63) is 33.5 Å². The van der Waals surface area contributed by atoms with Crippen molar-refractivity contribution in [3.8, 4) is 0 Å². The van der Waals surface area contributed by atoms with Crippen molar-refractivity contribution in [2.75, 3.05) is 5.32 Å². The van der Waals surface area contributed by atoms with Crippen molar-refractivity contribution in [2.45, 2.75) is 19.4 Å². The fraction of sp³-hybridized carbons (Fsp3) is 0.273. The van der Waals surface area contributed by atoms with Gasteiger partial charge in [-0.2, -0.15) is 0 Å². The molecule has 1 atom stereocenters. The monoisotopic (exact) mass is 268 g/mol. The van der Waals surface area contributed by atoms with Crippen LogP contribution >= 0.6 is 22.7 Å². The van der Waals surface area contributed by atoms with E-state index in [1.54, 1.807) is 0 Å². The number of thiazole rings is 1. The molecule has 0 saturated heterocycles. The smallest absolute Gasteiger partial charge is 0.331 e. The van der Waals surface area contributed by atoms with Crippen molar-refractivity contribution in [1.29, 1.82) is 0 Å². The van der Waals surface area contributed by atoms with Gasteiger partial charge in [0, 0.05) is 10.3 Å². The van der Waals surface area contributed by atoms with Crippen molar-refractivity contribution in [2.24, 2.45) is 0 Å². The lowest BCUT2D eigenvalue weighted by atomic mass is 10.2. The van der Waals surface area contributed by atoms with E-state index in [0.717, 1.165) is 17.0 Å². The third kappa shape index (κ3) is 2.83. The second kappa shape index (κ2) is 5.29. The zero-order valence-electron chi connectivity index (χ0n) is 9.21. The first kappa shape index (κ1) is 12.1. The Morgan fingerprint density at radius 1 is 1.59 bits per heavy atom. The predicted octanol–water partition coefficient (Wildman–Crippen LogP) is 3.00. The van der Waals surface area contributed by atoms with Gasteiger partial charge in [-0.1, -0.05) is 13.0 Å². The Hall–Kier alpha value is -1.40. The third-order valence-electron chi connectivity index (χ3n) is 2.26. The van der Waals surface area contributed by atoms with Gasteiger partial charge in [-0.25, -0.2) is 9.78 Å². The Balaban J connectivity index is 2.16. The molecule has 2 rings (SSSR count). The molecule has 0 aromatic carbocycles. The van der Waals surface area contributed by atoms with Crippen LogP contribution in [0.2, 0.25) is 0 Å². The molecule has 0 saturated carbocycles. The topological polar surface area (TPSA) is 62.2 Å². The maximum absolute atomic E-state index is 11.2. The van der Waals surface area contributed by atoms with Crippen LogP contribution in [0.4, 0.5) is 5.13 Å². The molecule has 1 unspecified atom stereocenters. The summed E-state index contributed by atoms with van der Waals surface area (Å²) in [5.41, 5.74) is 0.979. The normalized spacial score (nSPS) is 12.3. The number of aryl methyl sites for hydroxylation is 1. The number of carboxylic acids is 1. The molecule has 0 radical (unpaired) electrons. The number of carboxylic acid groups (broad SMARTS) is 1. The molecule has 0 amide bonds. The number of nitrogens with one attached hydrogen (secondary N) is 1. The second-order valence-electron chi connectivity index (χ2n) is 3.43. The first-order valence-corrected chi connectivity index (χ1v) is 6.93. The van der Waals surface area contributed by atoms with Crippen LogP contribution in [-0.4, -0.2) is 16.1 Å². The Labute approximate surface area is 107 Å². The molecule has 0 spiro atoms. The van der Waals surface area contributed by atoms with E-state index < -0.39 is 12.0 Å². The van der Waals surface area contributed by atoms with Crippen LogP contribution in [-0.2, 0) is 11.2 Å². The Morgan fingerprint density at radius 2 is 2.41 bits per heavy atom. The van der Waals surface area contributed by atoms with Gasteiger partial charge >= 0.3 is 5.97 Å². The van der Waals surface area contributed by atoms with Crippen molar-refractivity contribution >= 4 is 33.8 Å². The average molecular weight is 268 g/mol. The molecule has 90 valence electrons. The number of hydrogen-bond donors (Lipinski definition) is 2. The van der Waals surface area contributed by atoms with Crippen LogP contribution in [0.3, 0.4) is 0 Å². The fourth-order valence-electron chi connectivity index (χ4n) is 1.37. The van der Waals surface area contributed by atoms with Gasteiger partial charge in [-0.05, 0) is 17.9 Å². The maximum Gasteiger partial charge on any atom is 0.331 e. The van der Waals surface area contributed by atoms with E-state index in [0.29, 0.717) is 5.13 Å². The molecule has 2 heterocycles. The minimum atomic E-state index is -0.888. The third-order valence-corrected chi connectivity index (χ3v) is 4.02. The Kier molecular flexibility index (Phi) is 3.75. The van der Waals surface area contributed by atoms with Crippen molar-refractivity contribution in [1.82, 2.24) is 4.98 Å². The van der Waals surface area contributed by atoms with Crippen LogP contribution in [0, 0.1) is 0 Å². The van der Waals surface area contributed by atoms with Gasteiger partial charge in [0.25, 0.3) is 0 Å². The summed E-state index contributed by atoms with van der Waals surface area (Å²) in [6.45, 7) is 2.02. The first-order chi connectivity index (χ1) is 8.20. The molecular formula is C11H12N2O2S2. The molecule has 4 nitrogen and oxygen atoms in total. The lowest BCUT2D eigenvalue weighted by molar-refractivity contribution is -0.138. The fourth-order valence-corrected chi connectivity index (χ4v) is 2.96. The van der Waals surface area contributed by atoms with Crippen LogP contribution in [0.15, 0.2) is 22.9 Å². The number of aromatic nitrogens is 1. The highest BCUT2D eigenvalue weighted by atomic mass is 32.1. The summed E-state index contributed by atoms with van der Waals surface area (Å²) in [5, 5.41) is 16.6. The van der Waals surface area contributed by atoms with Crippen molar-refractivity contribution in [3.63, 3.8) is 0 Å². The quantitative estimate of drug-likeness (QED) is 0.875. The summed E-state index contributed by atoms with van der Waals surface area (Å²) in [6, 6.07) is 2.94. The van der Waals surface area contributed by atoms with Gasteiger partial charge in [0.2, 0.25) is 0 Å². The SMILES string of the molecule is CCc1csc(NC(C(=O)O)c2cccs2)n1. The molecular weight excluding hydrogens is 256 g/mol. The molecule has 0 aliphatic heterocycles. The molecule has 0 bridgehead atoms. The number of nitrogens with zero attached hydrogens (tertiary/aromatic N) is 1. The molecule has 2 aromatic heterocycles. The highest BCUT2D eigenvalue weighted by Gasteiger charge is 2.21. The number of hydrogen-bond acceptors (Lipinski definition) is 5. The van der Waals surface area contributed by atoms with Gasteiger partial charge in [-0.3, -0.25) is 0 Å². The minimum Gasteiger partial charge on any atom is -0.479 e. The standard InChI is InChI=1S/C11H12N2O2S2/c1-2-7-6-17-11(12-7)13-9(10(14)15)8-4-3-5-16-8/h3-6,9H,2H2,1H3,(H,12,13)(H,14,15). The summed E-state index contributed by atoms with van der Waals surface area (Å²) in [6.07, 6.45) is 0.856. The number of carbonyl (C=O) groups is 1. The summed E-state index contributed by atoms with van der Waals surface area (Å²) in [7, 11) is 0. The second-order valence-corrected chi connectivity index (χ2v) is 5.27. The van der Waals surface area contributed by atoms with E-state index in [2.05, 4.69) is 10.3 Å². The van der Waals surface area contributed by atoms with Gasteiger partial charge in [-0.15, -0.1) is 22.7 Å². The molecule has 17 heavy (non-hydrogen) atoms. The molecule has 0 fully saturated rings. The highest BCUT2D eigenvalue weighted by Crippen LogP contribution is 2.25. The number of anilines is 1. The van der Waals surface area contributed by atoms with Gasteiger partial charge in [0.05, 0.1) is 5.69 Å². The predicted molar refractivity (Wildman–Crippen MR) is 69.8 cm³/mol. The number of thiophene rings is 1. The van der Waals surface area contributed by atoms with Gasteiger partial charge in [0.1, 0.15) is 0 Å². The van der Waals surface area contributed by atoms with E-state index in [1.165, 1.54) is 22.7 Å². The average Bonchev–Trinajstić information content (AvgIpc) is 2.96. The molecule has 0 aliphatic carbocycles. The lowest BCUT2D eigenvalue weighted by Crippen LogP contribution is -2.19. The van der Waals surface area contributed by atoms with E-state index in [4.69, 9.17) is 0 Å². The molecule has 6 heteroatoms. The summed E-state index contributed by atoms with van der Waals surface area (Å²) in [5.74, 6) is -0.888. The van der Waals surface area contributed by atoms with Gasteiger partial charge < -0.3 is 10.4 Å². The van der Waals surface area contributed by atoms with Crippen LogP contribution < -0.4 is 5.32 Å². The maximum atomic E-state index is 11.2. The zero-order chi connectivity index (χ0) is 12.3. The minimum absolute atomic E-state index is 0.655. The largest absolute Gasteiger partial charge is 0.479 e. The van der Waals surface area contributed by atoms with Crippen LogP contribution in [0.5, 0.6) is 0 Å². The Bertz CT molecular complexity index is 493. The highest BCUT2D eigenvalue weighted by molar-refractivity contribution is 7.13. The van der Waals surface area contributed by atoms with E-state index in [1.807, 2.05) is 29.8 Å². The lowest BCUT2D eigenvalue weighted by Gasteiger charge is -2.11. The summed E-state index contributed by atoms with van der Waals surface area (Å²) in [4.78, 5) is 16.3. The molecule has 0 aliphatic rings. The first-order valence-electron chi connectivity index (χ1n) is 5.18. The van der Waals surface area contributed by atoms with Crippen LogP contribution in [0.25, 0.3) is 0 Å². The Morgan fingerprint density at radius 3 is 2.94 bits per heavy atom. The summed E-state index contributed by atoms with van der Waals surface area (Å²) < 4.78 is 0. The van der Waals surface area contributed by atoms with E-state index >= 15 is 0 Å². The van der Waals surface area contributed by atoms with E-state index in [-0.39, 0.29) is 0 Å². The van der Waals surface area contributed by atoms with E-state index in [9.17, 15) is 9.90 Å². The zero-order valence-corrected chi connectivity index (χ0v) is 10.8.